The molecule has 0 aromatic heterocycles. The van der Waals surface area contributed by atoms with Crippen molar-refractivity contribution >= 4 is 45.4 Å². The molecule has 29 heavy (non-hydrogen) atoms. The van der Waals surface area contributed by atoms with Crippen LogP contribution in [0.25, 0.3) is 6.08 Å². The summed E-state index contributed by atoms with van der Waals surface area (Å²) in [7, 11) is 0. The first-order chi connectivity index (χ1) is 13.9. The lowest BCUT2D eigenvalue weighted by Gasteiger charge is -2.10. The monoisotopic (exact) mass is 468 g/mol. The molecule has 0 bridgehead atoms. The van der Waals surface area contributed by atoms with Gasteiger partial charge < -0.3 is 9.47 Å². The van der Waals surface area contributed by atoms with E-state index in [2.05, 4.69) is 15.9 Å². The highest BCUT2D eigenvalue weighted by atomic mass is 79.9. The number of benzene rings is 3. The molecule has 0 N–H and O–H groups in total. The van der Waals surface area contributed by atoms with Gasteiger partial charge in [0, 0.05) is 15.1 Å². The zero-order valence-electron chi connectivity index (χ0n) is 15.2. The van der Waals surface area contributed by atoms with Gasteiger partial charge in [-0.3, -0.25) is 4.79 Å². The first-order valence-electron chi connectivity index (χ1n) is 8.73. The van der Waals surface area contributed by atoms with E-state index < -0.39 is 5.97 Å². The highest BCUT2D eigenvalue weighted by molar-refractivity contribution is 9.10. The molecule has 0 aliphatic carbocycles. The number of esters is 1. The minimum absolute atomic E-state index is 0.210. The van der Waals surface area contributed by atoms with Gasteiger partial charge in [-0.25, -0.2) is 4.79 Å². The molecule has 1 heterocycles. The molecule has 0 saturated carbocycles. The largest absolute Gasteiger partial charge is 0.452 e. The van der Waals surface area contributed by atoms with Crippen LogP contribution in [-0.2, 0) is 0 Å². The number of rotatable bonds is 3. The van der Waals surface area contributed by atoms with Crippen LogP contribution in [0.3, 0.4) is 0 Å². The summed E-state index contributed by atoms with van der Waals surface area (Å²) < 4.78 is 12.2. The average molecular weight is 470 g/mol. The molecule has 3 aromatic carbocycles. The van der Waals surface area contributed by atoms with Crippen molar-refractivity contribution in [2.75, 3.05) is 0 Å². The molecule has 0 amide bonds. The zero-order chi connectivity index (χ0) is 20.5. The third-order valence-corrected chi connectivity index (χ3v) is 5.21. The van der Waals surface area contributed by atoms with Gasteiger partial charge >= 0.3 is 5.97 Å². The van der Waals surface area contributed by atoms with E-state index in [1.807, 2.05) is 24.3 Å². The average Bonchev–Trinajstić information content (AvgIpc) is 3.01. The first-order valence-corrected chi connectivity index (χ1v) is 9.90. The van der Waals surface area contributed by atoms with E-state index >= 15 is 0 Å². The number of fused-ring (bicyclic) bond motifs is 1. The number of hydrogen-bond acceptors (Lipinski definition) is 4. The van der Waals surface area contributed by atoms with Crippen LogP contribution in [0.2, 0.25) is 5.02 Å². The van der Waals surface area contributed by atoms with Crippen molar-refractivity contribution in [3.8, 4) is 11.5 Å². The summed E-state index contributed by atoms with van der Waals surface area (Å²) in [6.07, 6.45) is 1.69. The standard InChI is InChI=1S/C23H14BrClO4/c1-13-19(29-23(27)15-5-7-17(25)8-6-15)10-9-18-21(26)20(28-22(13)18)12-14-3-2-4-16(24)11-14/h2-12H,1H3/b20-12-. The second-order valence-electron chi connectivity index (χ2n) is 6.46. The number of Topliss-reactive ketones (excluding diaryl/α,β-unsaturated/α-hetero) is 1. The van der Waals surface area contributed by atoms with Crippen LogP contribution in [-0.4, -0.2) is 11.8 Å². The van der Waals surface area contributed by atoms with Crippen LogP contribution in [0, 0.1) is 6.92 Å². The smallest absolute Gasteiger partial charge is 0.343 e. The minimum Gasteiger partial charge on any atom is -0.452 e. The van der Waals surface area contributed by atoms with E-state index in [1.165, 1.54) is 0 Å². The van der Waals surface area contributed by atoms with E-state index in [1.54, 1.807) is 49.4 Å². The lowest BCUT2D eigenvalue weighted by molar-refractivity contribution is 0.0733. The van der Waals surface area contributed by atoms with Crippen LogP contribution in [0.5, 0.6) is 11.5 Å². The molecule has 0 fully saturated rings. The molecule has 0 unspecified atom stereocenters. The van der Waals surface area contributed by atoms with Gasteiger partial charge in [0.25, 0.3) is 0 Å². The van der Waals surface area contributed by atoms with E-state index in [4.69, 9.17) is 21.1 Å². The lowest BCUT2D eigenvalue weighted by Crippen LogP contribution is -2.09. The molecule has 144 valence electrons. The Hall–Kier alpha value is -2.89. The molecule has 6 heteroatoms. The van der Waals surface area contributed by atoms with Crippen molar-refractivity contribution in [2.45, 2.75) is 6.92 Å². The third kappa shape index (κ3) is 3.97. The maximum atomic E-state index is 12.7. The fourth-order valence-electron chi connectivity index (χ4n) is 2.97. The van der Waals surface area contributed by atoms with Crippen molar-refractivity contribution in [1.82, 2.24) is 0 Å². The third-order valence-electron chi connectivity index (χ3n) is 4.47. The van der Waals surface area contributed by atoms with E-state index in [0.29, 0.717) is 33.2 Å². The summed E-state index contributed by atoms with van der Waals surface area (Å²) in [5.74, 6) is 0.234. The molecule has 1 aliphatic rings. The van der Waals surface area contributed by atoms with Crippen LogP contribution in [0.15, 0.2) is 70.9 Å². The number of hydrogen-bond donors (Lipinski definition) is 0. The van der Waals surface area contributed by atoms with Gasteiger partial charge in [-0.1, -0.05) is 39.7 Å². The predicted octanol–water partition coefficient (Wildman–Crippen LogP) is 6.25. The second kappa shape index (κ2) is 7.85. The summed E-state index contributed by atoms with van der Waals surface area (Å²) in [5.41, 5.74) is 2.23. The number of ether oxygens (including phenoxy) is 2. The summed E-state index contributed by atoms with van der Waals surface area (Å²) in [6, 6.07) is 17.2. The molecular weight excluding hydrogens is 456 g/mol. The quantitative estimate of drug-likeness (QED) is 0.259. The van der Waals surface area contributed by atoms with Crippen LogP contribution in [0.1, 0.15) is 31.8 Å². The van der Waals surface area contributed by atoms with Gasteiger partial charge in [-0.2, -0.15) is 0 Å². The van der Waals surface area contributed by atoms with Crippen LogP contribution in [0.4, 0.5) is 0 Å². The summed E-state index contributed by atoms with van der Waals surface area (Å²) in [4.78, 5) is 25.1. The SMILES string of the molecule is Cc1c(OC(=O)c2ccc(Cl)cc2)ccc2c1O/C(=C\c1cccc(Br)c1)C2=O. The molecule has 3 aromatic rings. The summed E-state index contributed by atoms with van der Waals surface area (Å²) in [6.45, 7) is 1.75. The topological polar surface area (TPSA) is 52.6 Å². The first kappa shape index (κ1) is 19.4. The number of carbonyl (C=O) groups is 2. The molecule has 0 spiro atoms. The fourth-order valence-corrected chi connectivity index (χ4v) is 3.51. The normalized spacial score (nSPS) is 13.9. The Morgan fingerprint density at radius 1 is 1.10 bits per heavy atom. The summed E-state index contributed by atoms with van der Waals surface area (Å²) in [5, 5.41) is 0.534. The maximum absolute atomic E-state index is 12.7. The molecule has 1 aliphatic heterocycles. The second-order valence-corrected chi connectivity index (χ2v) is 7.81. The number of allylic oxidation sites excluding steroid dienone is 1. The van der Waals surface area contributed by atoms with Gasteiger partial charge in [0.15, 0.2) is 5.76 Å². The van der Waals surface area contributed by atoms with Crippen molar-refractivity contribution in [3.63, 3.8) is 0 Å². The Morgan fingerprint density at radius 2 is 1.86 bits per heavy atom. The molecule has 0 radical (unpaired) electrons. The Morgan fingerprint density at radius 3 is 2.59 bits per heavy atom. The van der Waals surface area contributed by atoms with Gasteiger partial charge in [-0.05, 0) is 67.1 Å². The van der Waals surface area contributed by atoms with Crippen LogP contribution < -0.4 is 9.47 Å². The van der Waals surface area contributed by atoms with Crippen molar-refractivity contribution in [2.24, 2.45) is 0 Å². The molecule has 0 atom stereocenters. The minimum atomic E-state index is -0.515. The van der Waals surface area contributed by atoms with E-state index in [-0.39, 0.29) is 11.5 Å². The van der Waals surface area contributed by atoms with Gasteiger partial charge in [0.1, 0.15) is 11.5 Å². The number of carbonyl (C=O) groups excluding carboxylic acids is 2. The Bertz CT molecular complexity index is 1170. The highest BCUT2D eigenvalue weighted by Crippen LogP contribution is 2.39. The van der Waals surface area contributed by atoms with E-state index in [0.717, 1.165) is 10.0 Å². The summed E-state index contributed by atoms with van der Waals surface area (Å²) >= 11 is 9.26. The van der Waals surface area contributed by atoms with Gasteiger partial charge in [-0.15, -0.1) is 0 Å². The van der Waals surface area contributed by atoms with Crippen molar-refractivity contribution < 1.29 is 19.1 Å². The van der Waals surface area contributed by atoms with Crippen LogP contribution >= 0.6 is 27.5 Å². The lowest BCUT2D eigenvalue weighted by atomic mass is 10.1. The molecular formula is C23H14BrClO4. The Kier molecular flexibility index (Phi) is 5.26. The van der Waals surface area contributed by atoms with Gasteiger partial charge in [0.2, 0.25) is 5.78 Å². The van der Waals surface area contributed by atoms with Crippen molar-refractivity contribution in [1.29, 1.82) is 0 Å². The Balaban J connectivity index is 1.61. The Labute approximate surface area is 180 Å². The van der Waals surface area contributed by atoms with Crippen molar-refractivity contribution in [3.05, 3.63) is 98.2 Å². The van der Waals surface area contributed by atoms with Gasteiger partial charge in [0.05, 0.1) is 11.1 Å². The van der Waals surface area contributed by atoms with E-state index in [9.17, 15) is 9.59 Å². The number of ketones is 1. The molecule has 4 rings (SSSR count). The molecule has 0 saturated heterocycles. The predicted molar refractivity (Wildman–Crippen MR) is 115 cm³/mol. The molecule has 4 nitrogen and oxygen atoms in total. The zero-order valence-corrected chi connectivity index (χ0v) is 17.6. The maximum Gasteiger partial charge on any atom is 0.343 e. The highest BCUT2D eigenvalue weighted by Gasteiger charge is 2.30. The fraction of sp³-hybridized carbons (Fsp3) is 0.0435. The number of halogens is 2.